The molecule has 4 N–H and O–H groups in total. The zero-order chi connectivity index (χ0) is 31.4. The molecule has 0 saturated heterocycles. The molecule has 10 nitrogen and oxygen atoms in total. The highest BCUT2D eigenvalue weighted by Crippen LogP contribution is 2.42. The number of anilines is 2. The van der Waals surface area contributed by atoms with Crippen LogP contribution in [0.4, 0.5) is 20.6 Å². The fraction of sp³-hybridized carbons (Fsp3) is 0.406. The fourth-order valence-electron chi connectivity index (χ4n) is 5.12. The molecule has 0 unspecified atom stereocenters. The van der Waals surface area contributed by atoms with Crippen molar-refractivity contribution in [1.29, 1.82) is 0 Å². The molecule has 11 heteroatoms. The topological polar surface area (TPSA) is 125 Å². The van der Waals surface area contributed by atoms with Gasteiger partial charge in [-0.25, -0.2) is 14.7 Å². The molecule has 0 radical (unpaired) electrons. The Morgan fingerprint density at radius 3 is 2.47 bits per heavy atom. The molecule has 230 valence electrons. The number of methoxy groups -OCH3 is 1. The van der Waals surface area contributed by atoms with Gasteiger partial charge in [0, 0.05) is 43.6 Å². The molecule has 0 bridgehead atoms. The number of amides is 2. The minimum Gasteiger partial charge on any atom is -0.497 e. The van der Waals surface area contributed by atoms with E-state index in [1.807, 2.05) is 65.0 Å². The van der Waals surface area contributed by atoms with E-state index in [0.29, 0.717) is 47.5 Å². The summed E-state index contributed by atoms with van der Waals surface area (Å²) in [6.07, 6.45) is 3.07. The van der Waals surface area contributed by atoms with Gasteiger partial charge in [0.25, 0.3) is 0 Å². The lowest BCUT2D eigenvalue weighted by molar-refractivity contribution is -0.128. The molecule has 4 rings (SSSR count). The van der Waals surface area contributed by atoms with Crippen molar-refractivity contribution >= 4 is 39.9 Å². The molecule has 3 aromatic rings. The average Bonchev–Trinajstić information content (AvgIpc) is 2.95. The largest absolute Gasteiger partial charge is 0.497 e. The number of aromatic nitrogens is 1. The van der Waals surface area contributed by atoms with Gasteiger partial charge in [-0.1, -0.05) is 32.1 Å². The van der Waals surface area contributed by atoms with Crippen molar-refractivity contribution in [1.82, 2.24) is 15.4 Å². The van der Waals surface area contributed by atoms with Crippen LogP contribution in [0.25, 0.3) is 16.5 Å². The molecule has 43 heavy (non-hydrogen) atoms. The Labute approximate surface area is 251 Å². The Hall–Kier alpha value is -4.38. The third-order valence-electron chi connectivity index (χ3n) is 7.17. The zero-order valence-corrected chi connectivity index (χ0v) is 25.5. The Balaban J connectivity index is 1.73. The predicted molar refractivity (Wildman–Crippen MR) is 165 cm³/mol. The summed E-state index contributed by atoms with van der Waals surface area (Å²) < 4.78 is 27.5. The van der Waals surface area contributed by atoms with Crippen molar-refractivity contribution in [2.24, 2.45) is 5.41 Å². The van der Waals surface area contributed by atoms with Crippen LogP contribution >= 0.6 is 0 Å². The first-order valence-corrected chi connectivity index (χ1v) is 14.2. The van der Waals surface area contributed by atoms with Gasteiger partial charge in [0.15, 0.2) is 0 Å². The van der Waals surface area contributed by atoms with Gasteiger partial charge >= 0.3 is 6.09 Å². The smallest absolute Gasteiger partial charge is 0.410 e. The lowest BCUT2D eigenvalue weighted by Crippen LogP contribution is -2.45. The van der Waals surface area contributed by atoms with Crippen LogP contribution in [0.1, 0.15) is 52.2 Å². The summed E-state index contributed by atoms with van der Waals surface area (Å²) in [5, 5.41) is 15.7. The maximum Gasteiger partial charge on any atom is 0.410 e. The average molecular weight is 594 g/mol. The number of fused-ring (bicyclic) bond motifs is 1. The van der Waals surface area contributed by atoms with Gasteiger partial charge in [-0.2, -0.15) is 0 Å². The molecule has 2 heterocycles. The van der Waals surface area contributed by atoms with Crippen LogP contribution in [0.3, 0.4) is 0 Å². The quantitative estimate of drug-likeness (QED) is 0.177. The number of benzene rings is 2. The number of hydrogen-bond donors (Lipinski definition) is 4. The number of ether oxygens (including phenoxy) is 2. The van der Waals surface area contributed by atoms with Crippen LogP contribution in [0.15, 0.2) is 48.7 Å². The number of hydroxylamine groups is 1. The molecule has 2 aromatic carbocycles. The van der Waals surface area contributed by atoms with Gasteiger partial charge < -0.3 is 25.0 Å². The molecule has 0 fully saturated rings. The van der Waals surface area contributed by atoms with Crippen molar-refractivity contribution in [3.8, 4) is 5.75 Å². The number of hydrogen-bond acceptors (Lipinski definition) is 8. The number of pyridine rings is 1. The van der Waals surface area contributed by atoms with Gasteiger partial charge in [-0.05, 0) is 56.2 Å². The summed E-state index contributed by atoms with van der Waals surface area (Å²) >= 11 is 0. The van der Waals surface area contributed by atoms with Crippen LogP contribution in [0, 0.1) is 11.2 Å². The highest BCUT2D eigenvalue weighted by molar-refractivity contribution is 6.00. The van der Waals surface area contributed by atoms with E-state index in [0.717, 1.165) is 16.9 Å². The Kier molecular flexibility index (Phi) is 9.44. The molecular weight excluding hydrogens is 553 g/mol. The van der Waals surface area contributed by atoms with Crippen molar-refractivity contribution in [3.63, 3.8) is 0 Å². The van der Waals surface area contributed by atoms with Gasteiger partial charge in [0.1, 0.15) is 17.2 Å². The van der Waals surface area contributed by atoms with E-state index in [1.165, 1.54) is 0 Å². The van der Waals surface area contributed by atoms with E-state index in [1.54, 1.807) is 35.8 Å². The third-order valence-corrected chi connectivity index (χ3v) is 7.17. The summed E-state index contributed by atoms with van der Waals surface area (Å²) in [6.45, 7) is 10.7. The van der Waals surface area contributed by atoms with Crippen LogP contribution in [0.5, 0.6) is 5.75 Å². The van der Waals surface area contributed by atoms with Gasteiger partial charge in [0.2, 0.25) is 5.91 Å². The maximum atomic E-state index is 16.7. The minimum absolute atomic E-state index is 0.00417. The number of rotatable bonds is 9. The van der Waals surface area contributed by atoms with Crippen molar-refractivity contribution in [2.75, 3.05) is 37.4 Å². The fourth-order valence-corrected chi connectivity index (χ4v) is 5.12. The second-order valence-electron chi connectivity index (χ2n) is 12.1. The normalized spacial score (nSPS) is 14.6. The third kappa shape index (κ3) is 7.53. The van der Waals surface area contributed by atoms with Crippen molar-refractivity contribution in [3.05, 3.63) is 65.6 Å². The van der Waals surface area contributed by atoms with Crippen molar-refractivity contribution in [2.45, 2.75) is 53.2 Å². The first-order chi connectivity index (χ1) is 20.3. The summed E-state index contributed by atoms with van der Waals surface area (Å²) in [6, 6.07) is 11.1. The lowest BCUT2D eigenvalue weighted by Gasteiger charge is -2.39. The van der Waals surface area contributed by atoms with E-state index in [2.05, 4.69) is 15.6 Å². The maximum absolute atomic E-state index is 16.7. The van der Waals surface area contributed by atoms with E-state index in [-0.39, 0.29) is 13.0 Å². The van der Waals surface area contributed by atoms with Crippen LogP contribution in [0.2, 0.25) is 0 Å². The monoisotopic (exact) mass is 593 g/mol. The van der Waals surface area contributed by atoms with Crippen LogP contribution in [-0.2, 0) is 16.1 Å². The molecule has 0 atom stereocenters. The summed E-state index contributed by atoms with van der Waals surface area (Å²) in [5.41, 5.74) is 4.05. The van der Waals surface area contributed by atoms with Crippen LogP contribution < -0.4 is 20.9 Å². The molecule has 0 aliphatic carbocycles. The summed E-state index contributed by atoms with van der Waals surface area (Å²) in [5.74, 6) is -0.259. The zero-order valence-electron chi connectivity index (χ0n) is 25.5. The van der Waals surface area contributed by atoms with Crippen LogP contribution in [-0.4, -0.2) is 59.4 Å². The number of carbonyl (C=O) groups excluding carboxylic acids is 2. The molecule has 1 aliphatic heterocycles. The number of halogens is 1. The number of carbonyl (C=O) groups is 2. The predicted octanol–water partition coefficient (Wildman–Crippen LogP) is 5.96. The van der Waals surface area contributed by atoms with Gasteiger partial charge in [-0.3, -0.25) is 15.0 Å². The molecule has 1 aliphatic rings. The second kappa shape index (κ2) is 12.9. The minimum atomic E-state index is -0.620. The van der Waals surface area contributed by atoms with Crippen molar-refractivity contribution < 1.29 is 28.7 Å². The SMILES string of the molecule is COc1ccc(CNc2c(NCCC(=O)NO)cnc3ccc(C4=CCN(C(=O)OC(C)(C)C)CC4(C)C)c(F)c23)cc1. The molecule has 0 spiro atoms. The second-order valence-corrected chi connectivity index (χ2v) is 12.1. The Morgan fingerprint density at radius 1 is 1.12 bits per heavy atom. The standard InChI is InChI=1S/C32H40FN5O5/c1-31(2,3)43-30(40)38-16-14-23(32(4,5)19-38)22-11-12-24-27(28(22)33)29(25(18-35-24)34-15-13-26(39)37-41)36-17-20-7-9-21(42-6)10-8-20/h7-12,14,18,34,41H,13,15-17,19H2,1-6H3,(H,35,36)(H,37,39). The highest BCUT2D eigenvalue weighted by atomic mass is 19.1. The first-order valence-electron chi connectivity index (χ1n) is 14.2. The lowest BCUT2D eigenvalue weighted by atomic mass is 9.77. The summed E-state index contributed by atoms with van der Waals surface area (Å²) in [7, 11) is 1.60. The molecule has 2 amide bonds. The van der Waals surface area contributed by atoms with Gasteiger partial charge in [0.05, 0.1) is 35.6 Å². The highest BCUT2D eigenvalue weighted by Gasteiger charge is 2.36. The van der Waals surface area contributed by atoms with E-state index >= 15 is 4.39 Å². The molecule has 1 aromatic heterocycles. The van der Waals surface area contributed by atoms with E-state index in [4.69, 9.17) is 14.7 Å². The van der Waals surface area contributed by atoms with E-state index < -0.39 is 28.8 Å². The number of nitrogens with zero attached hydrogens (tertiary/aromatic N) is 2. The Bertz CT molecular complexity index is 1520. The first kappa shape index (κ1) is 31.6. The van der Waals surface area contributed by atoms with E-state index in [9.17, 15) is 9.59 Å². The number of nitrogens with one attached hydrogen (secondary N) is 3. The molecule has 0 saturated carbocycles. The molecular formula is C32H40FN5O5. The summed E-state index contributed by atoms with van der Waals surface area (Å²) in [4.78, 5) is 30.5. The Morgan fingerprint density at radius 2 is 1.84 bits per heavy atom. The van der Waals surface area contributed by atoms with Gasteiger partial charge in [-0.15, -0.1) is 0 Å².